The molecule has 0 aliphatic rings. The van der Waals surface area contributed by atoms with Gasteiger partial charge >= 0.3 is 0 Å². The van der Waals surface area contributed by atoms with Gasteiger partial charge in [-0.15, -0.1) is 0 Å². The van der Waals surface area contributed by atoms with E-state index in [4.69, 9.17) is 14.8 Å². The largest absolute Gasteiger partial charge is 0.457 e. The number of nitrogens with zero attached hydrogens (tertiary/aromatic N) is 2. The molecule has 2 aromatic carbocycles. The van der Waals surface area contributed by atoms with Gasteiger partial charge < -0.3 is 9.32 Å². The maximum atomic E-state index is 11.3. The molecule has 0 saturated carbocycles. The number of hydrogen-bond donors (Lipinski definition) is 1. The Morgan fingerprint density at radius 1 is 1.12 bits per heavy atom. The number of sulfonamides is 1. The standard InChI is InChI=1S/C19H17N3O3S/c1-22(2)16-6-5-13-9-15(4-3-14(13)10-16)19-8-7-17(25-19)11-18(12-20)26(21,23)24/h3-11H,1-2H3,(H2,21,23,24)/b18-11+. The van der Waals surface area contributed by atoms with Crippen LogP contribution in [-0.2, 0) is 10.0 Å². The van der Waals surface area contributed by atoms with E-state index < -0.39 is 14.9 Å². The van der Waals surface area contributed by atoms with E-state index in [-0.39, 0.29) is 5.76 Å². The first-order valence-corrected chi connectivity index (χ1v) is 9.28. The Hall–Kier alpha value is -3.08. The van der Waals surface area contributed by atoms with E-state index in [1.807, 2.05) is 49.3 Å². The summed E-state index contributed by atoms with van der Waals surface area (Å²) in [6.45, 7) is 0. The highest BCUT2D eigenvalue weighted by atomic mass is 32.2. The van der Waals surface area contributed by atoms with Gasteiger partial charge in [0.05, 0.1) is 0 Å². The first kappa shape index (κ1) is 17.7. The van der Waals surface area contributed by atoms with Crippen LogP contribution in [-0.4, -0.2) is 22.5 Å². The number of nitrogens with two attached hydrogens (primary N) is 1. The number of nitriles is 1. The lowest BCUT2D eigenvalue weighted by Crippen LogP contribution is -2.13. The number of rotatable bonds is 4. The van der Waals surface area contributed by atoms with Crippen molar-refractivity contribution in [3.05, 3.63) is 59.2 Å². The van der Waals surface area contributed by atoms with Gasteiger partial charge in [0.1, 0.15) is 17.6 Å². The van der Waals surface area contributed by atoms with E-state index >= 15 is 0 Å². The van der Waals surface area contributed by atoms with E-state index in [0.29, 0.717) is 5.76 Å². The Morgan fingerprint density at radius 3 is 2.46 bits per heavy atom. The third-order valence-corrected chi connectivity index (χ3v) is 4.76. The maximum Gasteiger partial charge on any atom is 0.248 e. The van der Waals surface area contributed by atoms with Crippen molar-refractivity contribution in [3.63, 3.8) is 0 Å². The van der Waals surface area contributed by atoms with E-state index in [9.17, 15) is 8.42 Å². The lowest BCUT2D eigenvalue weighted by Gasteiger charge is -2.13. The molecule has 0 spiro atoms. The van der Waals surface area contributed by atoms with Crippen LogP contribution in [0.25, 0.3) is 28.2 Å². The summed E-state index contributed by atoms with van der Waals surface area (Å²) in [4.78, 5) is 1.49. The Balaban J connectivity index is 1.98. The van der Waals surface area contributed by atoms with Crippen molar-refractivity contribution < 1.29 is 12.8 Å². The molecule has 0 aliphatic carbocycles. The molecule has 7 heteroatoms. The second-order valence-electron chi connectivity index (χ2n) is 6.01. The van der Waals surface area contributed by atoms with Crippen molar-refractivity contribution in [1.29, 1.82) is 5.26 Å². The number of fused-ring (bicyclic) bond motifs is 1. The molecule has 6 nitrogen and oxygen atoms in total. The summed E-state index contributed by atoms with van der Waals surface area (Å²) in [6.07, 6.45) is 1.11. The number of primary sulfonamides is 1. The number of allylic oxidation sites excluding steroid dienone is 1. The molecule has 0 unspecified atom stereocenters. The highest BCUT2D eigenvalue weighted by Gasteiger charge is 2.13. The monoisotopic (exact) mass is 367 g/mol. The summed E-state index contributed by atoms with van der Waals surface area (Å²) in [5.74, 6) is 0.815. The van der Waals surface area contributed by atoms with E-state index in [1.165, 1.54) is 0 Å². The molecular weight excluding hydrogens is 350 g/mol. The van der Waals surface area contributed by atoms with E-state index in [2.05, 4.69) is 6.07 Å². The molecule has 0 radical (unpaired) electrons. The molecule has 3 aromatic rings. The van der Waals surface area contributed by atoms with Crippen molar-refractivity contribution in [3.8, 4) is 17.4 Å². The van der Waals surface area contributed by atoms with Crippen molar-refractivity contribution in [2.75, 3.05) is 19.0 Å². The van der Waals surface area contributed by atoms with Gasteiger partial charge in [-0.05, 0) is 41.1 Å². The van der Waals surface area contributed by atoms with Crippen molar-refractivity contribution in [2.24, 2.45) is 5.14 Å². The van der Waals surface area contributed by atoms with Crippen LogP contribution >= 0.6 is 0 Å². The van der Waals surface area contributed by atoms with E-state index in [1.54, 1.807) is 18.2 Å². The van der Waals surface area contributed by atoms with Gasteiger partial charge in [-0.1, -0.05) is 18.2 Å². The minimum Gasteiger partial charge on any atom is -0.457 e. The smallest absolute Gasteiger partial charge is 0.248 e. The predicted molar refractivity (Wildman–Crippen MR) is 103 cm³/mol. The number of furan rings is 1. The zero-order chi connectivity index (χ0) is 18.9. The van der Waals surface area contributed by atoms with Crippen LogP contribution in [0.2, 0.25) is 0 Å². The summed E-state index contributed by atoms with van der Waals surface area (Å²) in [7, 11) is -0.0914. The van der Waals surface area contributed by atoms with Gasteiger partial charge in [-0.3, -0.25) is 0 Å². The second-order valence-corrected chi connectivity index (χ2v) is 7.54. The average molecular weight is 367 g/mol. The molecule has 1 heterocycles. The molecule has 0 amide bonds. The summed E-state index contributed by atoms with van der Waals surface area (Å²) < 4.78 is 28.3. The summed E-state index contributed by atoms with van der Waals surface area (Å²) in [5, 5.41) is 16.1. The fourth-order valence-electron chi connectivity index (χ4n) is 2.56. The molecule has 0 aliphatic heterocycles. The van der Waals surface area contributed by atoms with Crippen LogP contribution in [0.4, 0.5) is 5.69 Å². The first-order chi connectivity index (χ1) is 12.3. The van der Waals surface area contributed by atoms with Gasteiger partial charge in [-0.2, -0.15) is 5.26 Å². The highest BCUT2D eigenvalue weighted by molar-refractivity contribution is 7.93. The molecule has 0 saturated heterocycles. The number of hydrogen-bond acceptors (Lipinski definition) is 5. The van der Waals surface area contributed by atoms with Gasteiger partial charge in [-0.25, -0.2) is 13.6 Å². The predicted octanol–water partition coefficient (Wildman–Crippen LogP) is 3.32. The molecule has 1 aromatic heterocycles. The van der Waals surface area contributed by atoms with Gasteiger partial charge in [0.15, 0.2) is 4.91 Å². The molecule has 0 atom stereocenters. The normalized spacial score (nSPS) is 12.2. The van der Waals surface area contributed by atoms with E-state index in [0.717, 1.165) is 28.1 Å². The molecule has 0 fully saturated rings. The van der Waals surface area contributed by atoms with Crippen molar-refractivity contribution in [1.82, 2.24) is 0 Å². The van der Waals surface area contributed by atoms with Crippen molar-refractivity contribution in [2.45, 2.75) is 0 Å². The first-order valence-electron chi connectivity index (χ1n) is 7.74. The molecule has 132 valence electrons. The summed E-state index contributed by atoms with van der Waals surface area (Å²) in [6, 6.07) is 17.0. The molecule has 0 bridgehead atoms. The molecule has 3 rings (SSSR count). The lowest BCUT2D eigenvalue weighted by molar-refractivity contribution is 0.571. The third-order valence-electron chi connectivity index (χ3n) is 3.94. The van der Waals surface area contributed by atoms with Gasteiger partial charge in [0, 0.05) is 31.4 Å². The SMILES string of the molecule is CN(C)c1ccc2cc(-c3ccc(/C=C(\C#N)S(N)(=O)=O)o3)ccc2c1. The van der Waals surface area contributed by atoms with Crippen LogP contribution in [0, 0.1) is 11.3 Å². The Morgan fingerprint density at radius 2 is 1.81 bits per heavy atom. The zero-order valence-electron chi connectivity index (χ0n) is 14.3. The minimum atomic E-state index is -4.07. The number of anilines is 1. The van der Waals surface area contributed by atoms with Crippen LogP contribution in [0.5, 0.6) is 0 Å². The zero-order valence-corrected chi connectivity index (χ0v) is 15.1. The number of benzene rings is 2. The second kappa shape index (κ2) is 6.67. The fourth-order valence-corrected chi connectivity index (χ4v) is 2.97. The third kappa shape index (κ3) is 3.61. The average Bonchev–Trinajstić information content (AvgIpc) is 3.06. The summed E-state index contributed by atoms with van der Waals surface area (Å²) in [5.41, 5.74) is 1.96. The van der Waals surface area contributed by atoms with Crippen LogP contribution < -0.4 is 10.0 Å². The molecule has 2 N–H and O–H groups in total. The molecule has 26 heavy (non-hydrogen) atoms. The topological polar surface area (TPSA) is 100 Å². The van der Waals surface area contributed by atoms with Crippen molar-refractivity contribution >= 4 is 32.6 Å². The van der Waals surface area contributed by atoms with Gasteiger partial charge in [0.2, 0.25) is 10.0 Å². The Kier molecular flexibility index (Phi) is 4.55. The lowest BCUT2D eigenvalue weighted by atomic mass is 10.0. The minimum absolute atomic E-state index is 0.244. The van der Waals surface area contributed by atoms with Crippen LogP contribution in [0.3, 0.4) is 0 Å². The Labute approximate surface area is 151 Å². The highest BCUT2D eigenvalue weighted by Crippen LogP contribution is 2.29. The Bertz CT molecular complexity index is 1150. The van der Waals surface area contributed by atoms with Crippen LogP contribution in [0.1, 0.15) is 5.76 Å². The quantitative estimate of drug-likeness (QED) is 0.713. The molecular formula is C19H17N3O3S. The maximum absolute atomic E-state index is 11.3. The fraction of sp³-hybridized carbons (Fsp3) is 0.105. The van der Waals surface area contributed by atoms with Gasteiger partial charge in [0.25, 0.3) is 0 Å². The van der Waals surface area contributed by atoms with Crippen LogP contribution in [0.15, 0.2) is 57.9 Å². The summed E-state index contributed by atoms with van der Waals surface area (Å²) >= 11 is 0.